The maximum atomic E-state index is 14.3. The Kier molecular flexibility index (Phi) is 4.06. The third-order valence-electron chi connectivity index (χ3n) is 4.93. The summed E-state index contributed by atoms with van der Waals surface area (Å²) in [5, 5.41) is 13.5. The van der Waals surface area contributed by atoms with E-state index in [2.05, 4.69) is 5.10 Å². The molecule has 27 heavy (non-hydrogen) atoms. The Morgan fingerprint density at radius 3 is 2.48 bits per heavy atom. The zero-order valence-electron chi connectivity index (χ0n) is 14.4. The Hall–Kier alpha value is -2.68. The second-order valence-electron chi connectivity index (χ2n) is 6.72. The van der Waals surface area contributed by atoms with E-state index in [1.54, 1.807) is 24.3 Å². The number of nitrogens with zero attached hydrogens (tertiary/aromatic N) is 3. The van der Waals surface area contributed by atoms with Gasteiger partial charge in [0.1, 0.15) is 5.52 Å². The number of aromatic hydroxyl groups is 1. The third kappa shape index (κ3) is 3.01. The molecule has 1 saturated heterocycles. The molecular weight excluding hydrogens is 376 g/mol. The lowest BCUT2D eigenvalue weighted by atomic mass is 10.2. The molecule has 1 aromatic heterocycles. The molecule has 1 atom stereocenters. The van der Waals surface area contributed by atoms with Gasteiger partial charge >= 0.3 is 0 Å². The number of phenols is 1. The highest BCUT2D eigenvalue weighted by Gasteiger charge is 2.30. The van der Waals surface area contributed by atoms with Crippen LogP contribution in [0.1, 0.15) is 6.42 Å². The summed E-state index contributed by atoms with van der Waals surface area (Å²) in [6.45, 7) is 1.08. The highest BCUT2D eigenvalue weighted by molar-refractivity contribution is 7.91. The van der Waals surface area contributed by atoms with Crippen molar-refractivity contribution in [1.82, 2.24) is 9.78 Å². The topological polar surface area (TPSA) is 75.4 Å². The predicted octanol–water partition coefficient (Wildman–Crippen LogP) is 2.63. The SMILES string of the molecule is CS(=O)(=O)C1CCN(c2ccc(-n3ncc4cc(F)c(O)c(F)c43)cc2)C1. The van der Waals surface area contributed by atoms with Gasteiger partial charge < -0.3 is 10.0 Å². The van der Waals surface area contributed by atoms with E-state index in [-0.39, 0.29) is 16.2 Å². The Morgan fingerprint density at radius 1 is 1.19 bits per heavy atom. The zero-order chi connectivity index (χ0) is 19.3. The standard InChI is InChI=1S/C18H17F2N3O3S/c1-27(25,26)14-6-7-22(10-14)12-2-4-13(5-3-12)23-17-11(9-21-23)8-15(19)18(24)16(17)20/h2-5,8-9,14,24H,6-7,10H2,1H3. The van der Waals surface area contributed by atoms with Crippen molar-refractivity contribution in [3.8, 4) is 11.4 Å². The smallest absolute Gasteiger partial charge is 0.194 e. The second-order valence-corrected chi connectivity index (χ2v) is 9.04. The van der Waals surface area contributed by atoms with Crippen LogP contribution in [0.25, 0.3) is 16.6 Å². The van der Waals surface area contributed by atoms with Gasteiger partial charge in [-0.15, -0.1) is 0 Å². The van der Waals surface area contributed by atoms with Crippen LogP contribution in [0.15, 0.2) is 36.5 Å². The molecule has 4 rings (SSSR count). The first-order valence-electron chi connectivity index (χ1n) is 8.34. The number of hydrogen-bond acceptors (Lipinski definition) is 5. The van der Waals surface area contributed by atoms with Crippen LogP contribution in [0.2, 0.25) is 0 Å². The fourth-order valence-corrected chi connectivity index (χ4v) is 4.41. The third-order valence-corrected chi connectivity index (χ3v) is 6.53. The van der Waals surface area contributed by atoms with Crippen LogP contribution in [-0.2, 0) is 9.84 Å². The molecule has 0 radical (unpaired) electrons. The number of halogens is 2. The van der Waals surface area contributed by atoms with E-state index in [9.17, 15) is 22.3 Å². The quantitative estimate of drug-likeness (QED) is 0.740. The second kappa shape index (κ2) is 6.19. The molecule has 0 bridgehead atoms. The molecule has 2 aromatic carbocycles. The Labute approximate surface area is 154 Å². The highest BCUT2D eigenvalue weighted by Crippen LogP contribution is 2.31. The lowest BCUT2D eigenvalue weighted by Crippen LogP contribution is -2.26. The number of aromatic nitrogens is 2. The van der Waals surface area contributed by atoms with E-state index in [0.717, 1.165) is 11.8 Å². The Bertz CT molecular complexity index is 1130. The number of sulfone groups is 1. The number of anilines is 1. The van der Waals surface area contributed by atoms with E-state index in [1.807, 2.05) is 4.90 Å². The van der Waals surface area contributed by atoms with Gasteiger partial charge in [0.25, 0.3) is 0 Å². The van der Waals surface area contributed by atoms with E-state index in [0.29, 0.717) is 25.2 Å². The Balaban J connectivity index is 1.66. The summed E-state index contributed by atoms with van der Waals surface area (Å²) in [5.41, 5.74) is 1.38. The molecule has 0 aliphatic carbocycles. The first-order valence-corrected chi connectivity index (χ1v) is 10.3. The molecule has 1 fully saturated rings. The van der Waals surface area contributed by atoms with Crippen LogP contribution in [0.4, 0.5) is 14.5 Å². The van der Waals surface area contributed by atoms with Gasteiger partial charge in [-0.1, -0.05) is 0 Å². The molecule has 1 unspecified atom stereocenters. The number of benzene rings is 2. The van der Waals surface area contributed by atoms with Crippen LogP contribution in [0.3, 0.4) is 0 Å². The lowest BCUT2D eigenvalue weighted by Gasteiger charge is -2.18. The molecule has 3 aromatic rings. The normalized spacial score (nSPS) is 17.7. The maximum absolute atomic E-state index is 14.3. The van der Waals surface area contributed by atoms with E-state index < -0.39 is 27.2 Å². The van der Waals surface area contributed by atoms with Gasteiger partial charge in [0.15, 0.2) is 27.2 Å². The Morgan fingerprint density at radius 2 is 1.85 bits per heavy atom. The summed E-state index contributed by atoms with van der Waals surface area (Å²) < 4.78 is 52.5. The highest BCUT2D eigenvalue weighted by atomic mass is 32.2. The molecule has 2 heterocycles. The van der Waals surface area contributed by atoms with Crippen molar-refractivity contribution >= 4 is 26.4 Å². The van der Waals surface area contributed by atoms with Crippen LogP contribution in [-0.4, -0.2) is 47.9 Å². The molecular formula is C18H17F2N3O3S. The van der Waals surface area contributed by atoms with Crippen molar-refractivity contribution in [3.05, 3.63) is 48.2 Å². The molecule has 0 amide bonds. The average molecular weight is 393 g/mol. The van der Waals surface area contributed by atoms with Crippen LogP contribution < -0.4 is 4.90 Å². The van der Waals surface area contributed by atoms with Crippen molar-refractivity contribution in [3.63, 3.8) is 0 Å². The largest absolute Gasteiger partial charge is 0.503 e. The molecule has 1 N–H and O–H groups in total. The average Bonchev–Trinajstić information content (AvgIpc) is 3.27. The molecule has 6 nitrogen and oxygen atoms in total. The van der Waals surface area contributed by atoms with Crippen LogP contribution in [0.5, 0.6) is 5.75 Å². The van der Waals surface area contributed by atoms with Crippen LogP contribution in [0, 0.1) is 11.6 Å². The van der Waals surface area contributed by atoms with E-state index >= 15 is 0 Å². The summed E-state index contributed by atoms with van der Waals surface area (Å²) in [6, 6.07) is 8.07. The van der Waals surface area contributed by atoms with Crippen LogP contribution >= 0.6 is 0 Å². The minimum absolute atomic E-state index is 0.0139. The molecule has 0 saturated carbocycles. The van der Waals surface area contributed by atoms with Crippen molar-refractivity contribution in [2.24, 2.45) is 0 Å². The van der Waals surface area contributed by atoms with E-state index in [4.69, 9.17) is 0 Å². The minimum Gasteiger partial charge on any atom is -0.503 e. The van der Waals surface area contributed by atoms with Crippen molar-refractivity contribution < 1.29 is 22.3 Å². The fraction of sp³-hybridized carbons (Fsp3) is 0.278. The van der Waals surface area contributed by atoms with Gasteiger partial charge in [-0.25, -0.2) is 21.9 Å². The van der Waals surface area contributed by atoms with Crippen molar-refractivity contribution in [1.29, 1.82) is 0 Å². The van der Waals surface area contributed by atoms with Gasteiger partial charge in [-0.3, -0.25) is 0 Å². The molecule has 142 valence electrons. The van der Waals surface area contributed by atoms with Crippen molar-refractivity contribution in [2.75, 3.05) is 24.2 Å². The van der Waals surface area contributed by atoms with Crippen molar-refractivity contribution in [2.45, 2.75) is 11.7 Å². The summed E-state index contributed by atoms with van der Waals surface area (Å²) in [4.78, 5) is 1.98. The lowest BCUT2D eigenvalue weighted by molar-refractivity contribution is 0.399. The van der Waals surface area contributed by atoms with Gasteiger partial charge in [0.05, 0.1) is 17.1 Å². The van der Waals surface area contributed by atoms with Gasteiger partial charge in [0, 0.05) is 30.4 Å². The van der Waals surface area contributed by atoms with E-state index in [1.165, 1.54) is 17.1 Å². The molecule has 1 aliphatic heterocycles. The number of phenolic OH excluding ortho intramolecular Hbond substituents is 1. The summed E-state index contributed by atoms with van der Waals surface area (Å²) in [6.07, 6.45) is 3.16. The summed E-state index contributed by atoms with van der Waals surface area (Å²) in [7, 11) is -3.08. The fourth-order valence-electron chi connectivity index (χ4n) is 3.42. The molecule has 0 spiro atoms. The molecule has 1 aliphatic rings. The number of rotatable bonds is 3. The monoisotopic (exact) mass is 393 g/mol. The summed E-state index contributed by atoms with van der Waals surface area (Å²) in [5.74, 6) is -3.14. The summed E-state index contributed by atoms with van der Waals surface area (Å²) >= 11 is 0. The first kappa shape index (κ1) is 17.7. The molecule has 9 heteroatoms. The van der Waals surface area contributed by atoms with Gasteiger partial charge in [-0.2, -0.15) is 5.10 Å². The van der Waals surface area contributed by atoms with Gasteiger partial charge in [0.2, 0.25) is 0 Å². The van der Waals surface area contributed by atoms with Gasteiger partial charge in [-0.05, 0) is 36.8 Å². The number of hydrogen-bond donors (Lipinski definition) is 1. The number of fused-ring (bicyclic) bond motifs is 1. The maximum Gasteiger partial charge on any atom is 0.194 e. The first-order chi connectivity index (χ1) is 12.8. The predicted molar refractivity (Wildman–Crippen MR) is 98.1 cm³/mol. The zero-order valence-corrected chi connectivity index (χ0v) is 15.2. The minimum atomic E-state index is -3.08.